The maximum atomic E-state index is 12.4. The molecule has 2 N–H and O–H groups in total. The molecule has 3 aromatic rings. The Kier molecular flexibility index (Phi) is 4.05. The van der Waals surface area contributed by atoms with Gasteiger partial charge in [0.25, 0.3) is 5.56 Å². The lowest BCUT2D eigenvalue weighted by Gasteiger charge is -2.08. The largest absolute Gasteiger partial charge is 0.399 e. The number of aromatic nitrogens is 2. The predicted octanol–water partition coefficient (Wildman–Crippen LogP) is 3.53. The van der Waals surface area contributed by atoms with Crippen LogP contribution in [0.1, 0.15) is 5.56 Å². The molecule has 6 heteroatoms. The number of rotatable bonds is 3. The summed E-state index contributed by atoms with van der Waals surface area (Å²) in [4.78, 5) is 16.7. The van der Waals surface area contributed by atoms with Crippen LogP contribution in [0.25, 0.3) is 10.9 Å². The average molecular weight is 334 g/mol. The van der Waals surface area contributed by atoms with Crippen molar-refractivity contribution in [3.63, 3.8) is 0 Å². The molecule has 0 aliphatic rings. The lowest BCUT2D eigenvalue weighted by Crippen LogP contribution is -2.21. The number of fused-ring (bicyclic) bond motifs is 1. The van der Waals surface area contributed by atoms with Gasteiger partial charge >= 0.3 is 0 Å². The summed E-state index contributed by atoms with van der Waals surface area (Å²) in [5.74, 6) is 0. The monoisotopic (exact) mass is 333 g/mol. The van der Waals surface area contributed by atoms with Gasteiger partial charge in [0.1, 0.15) is 0 Å². The predicted molar refractivity (Wildman–Crippen MR) is 90.6 cm³/mol. The van der Waals surface area contributed by atoms with Crippen LogP contribution in [0.15, 0.2) is 47.5 Å². The van der Waals surface area contributed by atoms with Gasteiger partial charge in [0.2, 0.25) is 0 Å². The van der Waals surface area contributed by atoms with Gasteiger partial charge in [-0.2, -0.15) is 0 Å². The molecule has 0 bridgehead atoms. The summed E-state index contributed by atoms with van der Waals surface area (Å²) in [6, 6.07) is 10.4. The van der Waals surface area contributed by atoms with Crippen LogP contribution in [0, 0.1) is 0 Å². The van der Waals surface area contributed by atoms with Gasteiger partial charge in [0.15, 0.2) is 0 Å². The van der Waals surface area contributed by atoms with E-state index in [1.54, 1.807) is 34.9 Å². The summed E-state index contributed by atoms with van der Waals surface area (Å²) >= 11 is 12.0. The summed E-state index contributed by atoms with van der Waals surface area (Å²) < 4.78 is 1.57. The molecule has 0 unspecified atom stereocenters. The van der Waals surface area contributed by atoms with Crippen LogP contribution < -0.4 is 11.3 Å². The van der Waals surface area contributed by atoms with E-state index in [0.29, 0.717) is 39.6 Å². The van der Waals surface area contributed by atoms with Gasteiger partial charge in [-0.15, -0.1) is 0 Å². The van der Waals surface area contributed by atoms with Crippen molar-refractivity contribution in [3.8, 4) is 0 Å². The summed E-state index contributed by atoms with van der Waals surface area (Å²) in [6.07, 6.45) is 2.16. The Hall–Kier alpha value is -2.04. The maximum Gasteiger partial charge on any atom is 0.261 e. The van der Waals surface area contributed by atoms with E-state index in [1.165, 1.54) is 6.33 Å². The molecule has 112 valence electrons. The topological polar surface area (TPSA) is 60.9 Å². The number of benzene rings is 2. The standard InChI is InChI=1S/C16H13Cl2N3O/c17-11-2-1-10(14(18)7-11)5-6-21-9-20-15-8-12(19)3-4-13(15)16(21)22/h1-4,7-9H,5-6,19H2. The molecule has 0 aliphatic carbocycles. The van der Waals surface area contributed by atoms with Gasteiger partial charge in [-0.05, 0) is 42.3 Å². The Labute approximate surface area is 137 Å². The Morgan fingerprint density at radius 2 is 1.95 bits per heavy atom. The van der Waals surface area contributed by atoms with Crippen molar-refractivity contribution < 1.29 is 0 Å². The van der Waals surface area contributed by atoms with Gasteiger partial charge < -0.3 is 5.73 Å². The number of nitrogen functional groups attached to an aromatic ring is 1. The first-order valence-electron chi connectivity index (χ1n) is 6.73. The fourth-order valence-corrected chi connectivity index (χ4v) is 2.80. The van der Waals surface area contributed by atoms with Crippen molar-refractivity contribution in [2.45, 2.75) is 13.0 Å². The molecule has 0 saturated heterocycles. The third-order valence-electron chi connectivity index (χ3n) is 3.49. The van der Waals surface area contributed by atoms with Gasteiger partial charge in [0.05, 0.1) is 17.2 Å². The van der Waals surface area contributed by atoms with E-state index >= 15 is 0 Å². The van der Waals surface area contributed by atoms with Crippen LogP contribution in [-0.2, 0) is 13.0 Å². The minimum atomic E-state index is -0.0879. The molecule has 0 radical (unpaired) electrons. The summed E-state index contributed by atoms with van der Waals surface area (Å²) in [5.41, 5.74) is 7.74. The number of hydrogen-bond acceptors (Lipinski definition) is 3. The third-order valence-corrected chi connectivity index (χ3v) is 4.07. The Balaban J connectivity index is 1.89. The molecule has 3 rings (SSSR count). The molecule has 0 fully saturated rings. The highest BCUT2D eigenvalue weighted by atomic mass is 35.5. The summed E-state index contributed by atoms with van der Waals surface area (Å²) in [6.45, 7) is 0.494. The summed E-state index contributed by atoms with van der Waals surface area (Å²) in [5, 5.41) is 1.75. The molecule has 2 aromatic carbocycles. The van der Waals surface area contributed by atoms with Crippen molar-refractivity contribution >= 4 is 39.8 Å². The number of halogens is 2. The fraction of sp³-hybridized carbons (Fsp3) is 0.125. The first-order valence-corrected chi connectivity index (χ1v) is 7.49. The van der Waals surface area contributed by atoms with E-state index in [4.69, 9.17) is 28.9 Å². The molecule has 0 amide bonds. The molecule has 0 aliphatic heterocycles. The molecular formula is C16H13Cl2N3O. The zero-order valence-electron chi connectivity index (χ0n) is 11.6. The number of nitrogens with two attached hydrogens (primary N) is 1. The van der Waals surface area contributed by atoms with Crippen LogP contribution in [-0.4, -0.2) is 9.55 Å². The molecule has 0 saturated carbocycles. The number of hydrogen-bond donors (Lipinski definition) is 1. The van der Waals surface area contributed by atoms with Gasteiger partial charge in [0, 0.05) is 22.3 Å². The molecule has 0 atom stereocenters. The van der Waals surface area contributed by atoms with Crippen molar-refractivity contribution in [3.05, 3.63) is 68.7 Å². The normalized spacial score (nSPS) is 11.0. The first kappa shape index (κ1) is 14.9. The van der Waals surface area contributed by atoms with Gasteiger partial charge in [-0.1, -0.05) is 29.3 Å². The van der Waals surface area contributed by atoms with Crippen LogP contribution in [0.2, 0.25) is 10.0 Å². The molecule has 22 heavy (non-hydrogen) atoms. The minimum absolute atomic E-state index is 0.0879. The van der Waals surface area contributed by atoms with Crippen LogP contribution in [0.5, 0.6) is 0 Å². The molecule has 4 nitrogen and oxygen atoms in total. The van der Waals surface area contributed by atoms with E-state index < -0.39 is 0 Å². The highest BCUT2D eigenvalue weighted by molar-refractivity contribution is 6.35. The summed E-state index contributed by atoms with van der Waals surface area (Å²) in [7, 11) is 0. The molecule has 1 heterocycles. The third kappa shape index (κ3) is 2.93. The number of nitrogens with zero attached hydrogens (tertiary/aromatic N) is 2. The lowest BCUT2D eigenvalue weighted by atomic mass is 10.1. The highest BCUT2D eigenvalue weighted by Crippen LogP contribution is 2.21. The SMILES string of the molecule is Nc1ccc2c(=O)n(CCc3ccc(Cl)cc3Cl)cnc2c1. The maximum absolute atomic E-state index is 12.4. The van der Waals surface area contributed by atoms with E-state index in [0.717, 1.165) is 5.56 Å². The minimum Gasteiger partial charge on any atom is -0.399 e. The van der Waals surface area contributed by atoms with E-state index in [-0.39, 0.29) is 5.56 Å². The second-order valence-corrected chi connectivity index (χ2v) is 5.85. The van der Waals surface area contributed by atoms with Crippen molar-refractivity contribution in [2.24, 2.45) is 0 Å². The van der Waals surface area contributed by atoms with Gasteiger partial charge in [-0.3, -0.25) is 9.36 Å². The Bertz CT molecular complexity index is 906. The van der Waals surface area contributed by atoms with Crippen molar-refractivity contribution in [1.82, 2.24) is 9.55 Å². The Morgan fingerprint density at radius 1 is 1.14 bits per heavy atom. The Morgan fingerprint density at radius 3 is 2.73 bits per heavy atom. The average Bonchev–Trinajstić information content (AvgIpc) is 2.48. The number of aryl methyl sites for hydroxylation is 2. The van der Waals surface area contributed by atoms with Gasteiger partial charge in [-0.25, -0.2) is 4.98 Å². The second-order valence-electron chi connectivity index (χ2n) is 5.01. The highest BCUT2D eigenvalue weighted by Gasteiger charge is 2.06. The number of anilines is 1. The van der Waals surface area contributed by atoms with Crippen molar-refractivity contribution in [1.29, 1.82) is 0 Å². The second kappa shape index (κ2) is 5.99. The molecule has 0 spiro atoms. The quantitative estimate of drug-likeness (QED) is 0.746. The zero-order chi connectivity index (χ0) is 15.7. The van der Waals surface area contributed by atoms with Crippen LogP contribution in [0.4, 0.5) is 5.69 Å². The molecule has 1 aromatic heterocycles. The lowest BCUT2D eigenvalue weighted by molar-refractivity contribution is 0.663. The van der Waals surface area contributed by atoms with E-state index in [2.05, 4.69) is 4.98 Å². The smallest absolute Gasteiger partial charge is 0.261 e. The van der Waals surface area contributed by atoms with Crippen LogP contribution in [0.3, 0.4) is 0 Å². The molecular weight excluding hydrogens is 321 g/mol. The first-order chi connectivity index (χ1) is 10.5. The fourth-order valence-electron chi connectivity index (χ4n) is 2.30. The zero-order valence-corrected chi connectivity index (χ0v) is 13.1. The van der Waals surface area contributed by atoms with E-state index in [9.17, 15) is 4.79 Å². The van der Waals surface area contributed by atoms with E-state index in [1.807, 2.05) is 6.07 Å². The van der Waals surface area contributed by atoms with Crippen molar-refractivity contribution in [2.75, 3.05) is 5.73 Å². The van der Waals surface area contributed by atoms with Crippen LogP contribution >= 0.6 is 23.2 Å².